The molecule has 0 bridgehead atoms. The van der Waals surface area contributed by atoms with Crippen molar-refractivity contribution in [3.63, 3.8) is 0 Å². The van der Waals surface area contributed by atoms with Crippen LogP contribution in [-0.2, 0) is 6.54 Å². The van der Waals surface area contributed by atoms with Crippen LogP contribution in [0.5, 0.6) is 0 Å². The second-order valence-electron chi connectivity index (χ2n) is 4.62. The fourth-order valence-corrected chi connectivity index (χ4v) is 2.58. The number of hydrogen-bond acceptors (Lipinski definition) is 4. The highest BCUT2D eigenvalue weighted by atomic mass is 35.5. The highest BCUT2D eigenvalue weighted by molar-refractivity contribution is 6.42. The zero-order valence-electron chi connectivity index (χ0n) is 11.0. The lowest BCUT2D eigenvalue weighted by Gasteiger charge is -2.11. The molecule has 22 heavy (non-hydrogen) atoms. The highest BCUT2D eigenvalue weighted by Crippen LogP contribution is 2.27. The fraction of sp³-hybridized carbons (Fsp3) is 0.0667. The quantitative estimate of drug-likeness (QED) is 0.737. The van der Waals surface area contributed by atoms with E-state index in [9.17, 15) is 9.90 Å². The van der Waals surface area contributed by atoms with Crippen LogP contribution in [0.1, 0.15) is 21.8 Å². The van der Waals surface area contributed by atoms with E-state index < -0.39 is 5.97 Å². The van der Waals surface area contributed by atoms with E-state index in [4.69, 9.17) is 32.9 Å². The average Bonchev–Trinajstić information content (AvgIpc) is 3.01. The summed E-state index contributed by atoms with van der Waals surface area (Å²) >= 11 is 11.8. The topological polar surface area (TPSA) is 82.0 Å². The minimum absolute atomic E-state index is 0.0377. The van der Waals surface area contributed by atoms with E-state index in [1.54, 1.807) is 18.2 Å². The molecule has 0 fully saturated rings. The third-order valence-corrected chi connectivity index (χ3v) is 3.97. The molecule has 2 heterocycles. The van der Waals surface area contributed by atoms with Gasteiger partial charge in [-0.25, -0.2) is 0 Å². The predicted molar refractivity (Wildman–Crippen MR) is 78.8 cm³/mol. The van der Waals surface area contributed by atoms with Crippen LogP contribution < -0.4 is 5.11 Å². The summed E-state index contributed by atoms with van der Waals surface area (Å²) < 4.78 is 6.74. The smallest absolute Gasteiger partial charge is 0.206 e. The van der Waals surface area contributed by atoms with Crippen molar-refractivity contribution in [2.24, 2.45) is 0 Å². The molecule has 0 radical (unpaired) electrons. The number of aromatic nitrogens is 1. The summed E-state index contributed by atoms with van der Waals surface area (Å²) in [6, 6.07) is 9.73. The Kier molecular flexibility index (Phi) is 3.57. The predicted octanol–water partition coefficient (Wildman–Crippen LogP) is 2.82. The van der Waals surface area contributed by atoms with E-state index >= 15 is 0 Å². The van der Waals surface area contributed by atoms with Crippen molar-refractivity contribution in [3.8, 4) is 6.07 Å². The van der Waals surface area contributed by atoms with Crippen LogP contribution >= 0.6 is 23.2 Å². The highest BCUT2D eigenvalue weighted by Gasteiger charge is 2.15. The number of furan rings is 1. The standard InChI is InChI=1S/C15H8Cl2N2O3/c16-10-2-1-8(3-11(10)17)7-19-12-4-9(6-18)22-14(12)5-13(19)15(20)21/h1-5H,7H2,(H,20,21)/p-1. The number of carboxylic acid groups (broad SMARTS) is 1. The van der Waals surface area contributed by atoms with Gasteiger partial charge >= 0.3 is 0 Å². The van der Waals surface area contributed by atoms with E-state index in [0.29, 0.717) is 21.1 Å². The van der Waals surface area contributed by atoms with Crippen molar-refractivity contribution in [2.45, 2.75) is 6.54 Å². The Morgan fingerprint density at radius 1 is 1.27 bits per heavy atom. The molecule has 0 amide bonds. The third kappa shape index (κ3) is 2.43. The van der Waals surface area contributed by atoms with Crippen LogP contribution in [-0.4, -0.2) is 10.5 Å². The lowest BCUT2D eigenvalue weighted by atomic mass is 10.2. The Morgan fingerprint density at radius 2 is 2.05 bits per heavy atom. The summed E-state index contributed by atoms with van der Waals surface area (Å²) in [6.45, 7) is 0.230. The summed E-state index contributed by atoms with van der Waals surface area (Å²) in [5.74, 6) is -1.22. The van der Waals surface area contributed by atoms with Crippen molar-refractivity contribution < 1.29 is 14.3 Å². The third-order valence-electron chi connectivity index (χ3n) is 3.23. The monoisotopic (exact) mass is 333 g/mol. The van der Waals surface area contributed by atoms with Crippen LogP contribution in [0.2, 0.25) is 10.0 Å². The van der Waals surface area contributed by atoms with E-state index in [1.807, 2.05) is 6.07 Å². The Morgan fingerprint density at radius 3 is 2.68 bits per heavy atom. The van der Waals surface area contributed by atoms with Gasteiger partial charge in [0.15, 0.2) is 5.58 Å². The number of carbonyl (C=O) groups is 1. The number of aromatic carboxylic acids is 1. The van der Waals surface area contributed by atoms with E-state index in [2.05, 4.69) is 0 Å². The van der Waals surface area contributed by atoms with Gasteiger partial charge in [-0.2, -0.15) is 5.26 Å². The van der Waals surface area contributed by atoms with Gasteiger partial charge in [-0.3, -0.25) is 0 Å². The number of carbonyl (C=O) groups excluding carboxylic acids is 1. The van der Waals surface area contributed by atoms with E-state index in [-0.39, 0.29) is 18.0 Å². The van der Waals surface area contributed by atoms with E-state index in [0.717, 1.165) is 5.56 Å². The number of rotatable bonds is 3. The first kappa shape index (κ1) is 14.5. The number of nitrogens with zero attached hydrogens (tertiary/aromatic N) is 2. The lowest BCUT2D eigenvalue weighted by molar-refractivity contribution is -0.255. The van der Waals surface area contributed by atoms with Gasteiger partial charge in [0.2, 0.25) is 5.76 Å². The first-order valence-corrected chi connectivity index (χ1v) is 6.93. The summed E-state index contributed by atoms with van der Waals surface area (Å²) in [7, 11) is 0. The minimum atomic E-state index is -1.33. The zero-order chi connectivity index (χ0) is 15.9. The Bertz CT molecular complexity index is 934. The molecule has 5 nitrogen and oxygen atoms in total. The van der Waals surface area contributed by atoms with Crippen LogP contribution in [0.25, 0.3) is 11.1 Å². The molecule has 0 atom stereocenters. The number of nitriles is 1. The van der Waals surface area contributed by atoms with Gasteiger partial charge in [0.25, 0.3) is 0 Å². The normalized spacial score (nSPS) is 10.8. The molecule has 7 heteroatoms. The van der Waals surface area contributed by atoms with Crippen molar-refractivity contribution in [2.75, 3.05) is 0 Å². The maximum atomic E-state index is 11.3. The number of halogens is 2. The maximum Gasteiger partial charge on any atom is 0.206 e. The van der Waals surface area contributed by atoms with Gasteiger partial charge in [-0.15, -0.1) is 0 Å². The molecular formula is C15H7Cl2N2O3-. The summed E-state index contributed by atoms with van der Waals surface area (Å²) in [5, 5.41) is 20.9. The van der Waals surface area contributed by atoms with Gasteiger partial charge in [0.05, 0.1) is 27.2 Å². The molecule has 0 saturated heterocycles. The van der Waals surface area contributed by atoms with Gasteiger partial charge in [-0.1, -0.05) is 29.3 Å². The number of hydrogen-bond donors (Lipinski definition) is 0. The molecule has 0 aliphatic rings. The molecule has 1 aromatic carbocycles. The molecule has 0 aliphatic heterocycles. The second-order valence-corrected chi connectivity index (χ2v) is 5.44. The number of fused-ring (bicyclic) bond motifs is 1. The van der Waals surface area contributed by atoms with Crippen molar-refractivity contribution >= 4 is 40.3 Å². The van der Waals surface area contributed by atoms with Crippen molar-refractivity contribution in [3.05, 3.63) is 57.4 Å². The number of carboxylic acids is 1. The van der Waals surface area contributed by atoms with Crippen LogP contribution in [0.3, 0.4) is 0 Å². The van der Waals surface area contributed by atoms with Crippen LogP contribution in [0, 0.1) is 11.3 Å². The van der Waals surface area contributed by atoms with E-state index in [1.165, 1.54) is 16.7 Å². The van der Waals surface area contributed by atoms with Crippen LogP contribution in [0.4, 0.5) is 0 Å². The molecular weight excluding hydrogens is 327 g/mol. The molecule has 3 aromatic rings. The molecule has 0 spiro atoms. The Balaban J connectivity index is 2.12. The first-order valence-electron chi connectivity index (χ1n) is 6.18. The van der Waals surface area contributed by atoms with Gasteiger partial charge < -0.3 is 18.9 Å². The molecule has 3 rings (SSSR count). The largest absolute Gasteiger partial charge is 0.543 e. The Labute approximate surface area is 134 Å². The SMILES string of the molecule is N#Cc1cc2c(cc(C(=O)[O-])n2Cc2ccc(Cl)c(Cl)c2)o1. The van der Waals surface area contributed by atoms with Crippen molar-refractivity contribution in [1.82, 2.24) is 4.57 Å². The van der Waals surface area contributed by atoms with Gasteiger partial charge in [0.1, 0.15) is 6.07 Å². The summed E-state index contributed by atoms with van der Waals surface area (Å²) in [6.07, 6.45) is 0. The molecule has 110 valence electrons. The van der Waals surface area contributed by atoms with Gasteiger partial charge in [-0.05, 0) is 17.7 Å². The molecule has 0 saturated carbocycles. The Hall–Kier alpha value is -2.42. The van der Waals surface area contributed by atoms with Crippen LogP contribution in [0.15, 0.2) is 34.7 Å². The second kappa shape index (κ2) is 5.41. The molecule has 0 N–H and O–H groups in total. The minimum Gasteiger partial charge on any atom is -0.543 e. The zero-order valence-corrected chi connectivity index (χ0v) is 12.5. The first-order chi connectivity index (χ1) is 10.5. The fourth-order valence-electron chi connectivity index (χ4n) is 2.26. The summed E-state index contributed by atoms with van der Waals surface area (Å²) in [4.78, 5) is 11.3. The van der Waals surface area contributed by atoms with Crippen molar-refractivity contribution in [1.29, 1.82) is 5.26 Å². The molecule has 2 aromatic heterocycles. The molecule has 0 aliphatic carbocycles. The maximum absolute atomic E-state index is 11.3. The molecule has 0 unspecified atom stereocenters. The average molecular weight is 334 g/mol. The summed E-state index contributed by atoms with van der Waals surface area (Å²) in [5.41, 5.74) is 1.54. The lowest BCUT2D eigenvalue weighted by Crippen LogP contribution is -2.25. The van der Waals surface area contributed by atoms with Gasteiger partial charge in [0, 0.05) is 18.7 Å². The number of benzene rings is 1.